The van der Waals surface area contributed by atoms with Gasteiger partial charge in [0.1, 0.15) is 11.5 Å². The summed E-state index contributed by atoms with van der Waals surface area (Å²) in [6.07, 6.45) is 1.71. The maximum absolute atomic E-state index is 12.5. The molecule has 0 unspecified atom stereocenters. The zero-order chi connectivity index (χ0) is 19.6. The third-order valence-electron chi connectivity index (χ3n) is 4.57. The van der Waals surface area contributed by atoms with Gasteiger partial charge in [-0.15, -0.1) is 0 Å². The van der Waals surface area contributed by atoms with Crippen LogP contribution in [-0.4, -0.2) is 30.6 Å². The zero-order valence-corrected chi connectivity index (χ0v) is 16.3. The van der Waals surface area contributed by atoms with E-state index in [0.717, 1.165) is 29.2 Å². The molecule has 0 saturated carbocycles. The monoisotopic (exact) mass is 367 g/mol. The zero-order valence-electron chi connectivity index (χ0n) is 16.3. The van der Waals surface area contributed by atoms with E-state index in [0.29, 0.717) is 11.5 Å². The van der Waals surface area contributed by atoms with E-state index in [1.807, 2.05) is 43.7 Å². The second-order valence-electron chi connectivity index (χ2n) is 6.47. The number of anilines is 1. The van der Waals surface area contributed by atoms with Crippen LogP contribution in [-0.2, 0) is 13.6 Å². The van der Waals surface area contributed by atoms with Crippen LogP contribution in [0, 0.1) is 13.8 Å². The van der Waals surface area contributed by atoms with Crippen molar-refractivity contribution in [3.8, 4) is 11.4 Å². The predicted molar refractivity (Wildman–Crippen MR) is 104 cm³/mol. The first-order chi connectivity index (χ1) is 12.9. The van der Waals surface area contributed by atoms with Gasteiger partial charge < -0.3 is 5.32 Å². The molecule has 3 rings (SSSR count). The van der Waals surface area contributed by atoms with Gasteiger partial charge in [-0.1, -0.05) is 6.07 Å². The summed E-state index contributed by atoms with van der Waals surface area (Å²) in [5.41, 5.74) is 4.51. The number of nitrogens with one attached hydrogen (secondary N) is 2. The van der Waals surface area contributed by atoms with Crippen molar-refractivity contribution >= 4 is 11.8 Å². The molecular weight excluding hydrogens is 342 g/mol. The number of aryl methyl sites for hydroxylation is 3. The van der Waals surface area contributed by atoms with Gasteiger partial charge >= 0.3 is 6.03 Å². The number of amides is 2. The highest BCUT2D eigenvalue weighted by atomic mass is 16.2. The quantitative estimate of drug-likeness (QED) is 0.725. The minimum Gasteiger partial charge on any atom is -0.331 e. The van der Waals surface area contributed by atoms with Crippen LogP contribution in [0.5, 0.6) is 0 Å². The van der Waals surface area contributed by atoms with Gasteiger partial charge in [0, 0.05) is 37.1 Å². The van der Waals surface area contributed by atoms with Crippen molar-refractivity contribution in [3.05, 3.63) is 47.4 Å². The highest BCUT2D eigenvalue weighted by molar-refractivity contribution is 5.89. The van der Waals surface area contributed by atoms with Crippen LogP contribution in [0.4, 0.5) is 10.6 Å². The largest absolute Gasteiger partial charge is 0.331 e. The summed E-state index contributed by atoms with van der Waals surface area (Å²) >= 11 is 0. The van der Waals surface area contributed by atoms with Gasteiger partial charge in [0.2, 0.25) is 0 Å². The first-order valence-corrected chi connectivity index (χ1v) is 8.97. The Morgan fingerprint density at radius 3 is 2.63 bits per heavy atom. The van der Waals surface area contributed by atoms with Crippen molar-refractivity contribution in [2.75, 3.05) is 5.32 Å². The van der Waals surface area contributed by atoms with Crippen LogP contribution in [0.25, 0.3) is 11.4 Å². The minimum absolute atomic E-state index is 0.159. The Bertz CT molecular complexity index is 943. The number of nitrogens with zero attached hydrogens (tertiary/aromatic N) is 5. The minimum atomic E-state index is -0.291. The second kappa shape index (κ2) is 7.61. The molecule has 0 radical (unpaired) electrons. The molecular formula is C19H25N7O. The number of pyridine rings is 1. The molecule has 3 aromatic rings. The summed E-state index contributed by atoms with van der Waals surface area (Å²) < 4.78 is 3.57. The summed E-state index contributed by atoms with van der Waals surface area (Å²) in [5.74, 6) is 0.595. The lowest BCUT2D eigenvalue weighted by molar-refractivity contribution is 0.249. The summed E-state index contributed by atoms with van der Waals surface area (Å²) in [5, 5.41) is 14.8. The molecule has 8 heteroatoms. The molecule has 8 nitrogen and oxygen atoms in total. The second-order valence-corrected chi connectivity index (χ2v) is 6.47. The Balaban J connectivity index is 1.71. The van der Waals surface area contributed by atoms with Gasteiger partial charge in [-0.05, 0) is 39.8 Å². The predicted octanol–water partition coefficient (Wildman–Crippen LogP) is 3.20. The molecule has 0 fully saturated rings. The van der Waals surface area contributed by atoms with E-state index >= 15 is 0 Å². The van der Waals surface area contributed by atoms with Gasteiger partial charge in [-0.3, -0.25) is 19.7 Å². The average molecular weight is 367 g/mol. The third kappa shape index (κ3) is 3.84. The fraction of sp³-hybridized carbons (Fsp3) is 0.368. The Morgan fingerprint density at radius 2 is 2.00 bits per heavy atom. The Morgan fingerprint density at radius 1 is 1.22 bits per heavy atom. The SMILES string of the molecule is CCn1nc(C)c([C@@H](C)NC(=O)Nc2cc(-c3ccccn3)nn2C)c1C. The van der Waals surface area contributed by atoms with Crippen LogP contribution in [0.3, 0.4) is 0 Å². The Hall–Kier alpha value is -3.16. The van der Waals surface area contributed by atoms with E-state index in [9.17, 15) is 4.79 Å². The van der Waals surface area contributed by atoms with E-state index in [1.165, 1.54) is 0 Å². The average Bonchev–Trinajstić information content (AvgIpc) is 3.14. The van der Waals surface area contributed by atoms with E-state index in [2.05, 4.69) is 32.7 Å². The molecule has 3 aromatic heterocycles. The lowest BCUT2D eigenvalue weighted by Crippen LogP contribution is -2.32. The highest BCUT2D eigenvalue weighted by Gasteiger charge is 2.19. The van der Waals surface area contributed by atoms with Crippen molar-refractivity contribution in [1.29, 1.82) is 0 Å². The number of aromatic nitrogens is 5. The number of carbonyl (C=O) groups is 1. The molecule has 2 amide bonds. The topological polar surface area (TPSA) is 89.7 Å². The van der Waals surface area contributed by atoms with Crippen molar-refractivity contribution < 1.29 is 4.79 Å². The van der Waals surface area contributed by atoms with Gasteiger partial charge in [-0.25, -0.2) is 4.79 Å². The van der Waals surface area contributed by atoms with Crippen LogP contribution in [0.15, 0.2) is 30.5 Å². The van der Waals surface area contributed by atoms with E-state index < -0.39 is 0 Å². The lowest BCUT2D eigenvalue weighted by atomic mass is 10.1. The third-order valence-corrected chi connectivity index (χ3v) is 4.57. The molecule has 0 aliphatic carbocycles. The van der Waals surface area contributed by atoms with Gasteiger partial charge in [0.05, 0.1) is 17.4 Å². The summed E-state index contributed by atoms with van der Waals surface area (Å²) in [6.45, 7) is 8.80. The standard InChI is InChI=1S/C19H25N7O/c1-6-26-14(4)18(13(3)23-26)12(2)21-19(27)22-17-11-16(24-25(17)5)15-9-7-8-10-20-15/h7-12H,6H2,1-5H3,(H2,21,22,27)/t12-/m1/s1. The van der Waals surface area contributed by atoms with Gasteiger partial charge in [0.15, 0.2) is 0 Å². The molecule has 3 heterocycles. The van der Waals surface area contributed by atoms with Crippen molar-refractivity contribution in [3.63, 3.8) is 0 Å². The maximum Gasteiger partial charge on any atom is 0.320 e. The van der Waals surface area contributed by atoms with Crippen molar-refractivity contribution in [1.82, 2.24) is 29.9 Å². The molecule has 0 saturated heterocycles. The molecule has 0 aliphatic heterocycles. The molecule has 0 bridgehead atoms. The van der Waals surface area contributed by atoms with Crippen LogP contribution < -0.4 is 10.6 Å². The van der Waals surface area contributed by atoms with Crippen molar-refractivity contribution in [2.45, 2.75) is 40.3 Å². The van der Waals surface area contributed by atoms with Crippen LogP contribution >= 0.6 is 0 Å². The molecule has 0 aliphatic rings. The lowest BCUT2D eigenvalue weighted by Gasteiger charge is -2.15. The molecule has 2 N–H and O–H groups in total. The van der Waals surface area contributed by atoms with Crippen molar-refractivity contribution in [2.24, 2.45) is 7.05 Å². The first kappa shape index (κ1) is 18.6. The van der Waals surface area contributed by atoms with E-state index in [-0.39, 0.29) is 12.1 Å². The van der Waals surface area contributed by atoms with Crippen LogP contribution in [0.2, 0.25) is 0 Å². The molecule has 142 valence electrons. The molecule has 27 heavy (non-hydrogen) atoms. The molecule has 0 spiro atoms. The number of hydrogen-bond donors (Lipinski definition) is 2. The number of hydrogen-bond acceptors (Lipinski definition) is 4. The van der Waals surface area contributed by atoms with Crippen LogP contribution in [0.1, 0.15) is 36.8 Å². The number of urea groups is 1. The smallest absolute Gasteiger partial charge is 0.320 e. The number of rotatable bonds is 5. The fourth-order valence-corrected chi connectivity index (χ4v) is 3.29. The summed E-state index contributed by atoms with van der Waals surface area (Å²) in [4.78, 5) is 16.8. The van der Waals surface area contributed by atoms with Gasteiger partial charge in [-0.2, -0.15) is 10.2 Å². The summed E-state index contributed by atoms with van der Waals surface area (Å²) in [6, 6.07) is 6.99. The normalized spacial score (nSPS) is 12.0. The highest BCUT2D eigenvalue weighted by Crippen LogP contribution is 2.22. The van der Waals surface area contributed by atoms with Gasteiger partial charge in [0.25, 0.3) is 0 Å². The van der Waals surface area contributed by atoms with E-state index in [1.54, 1.807) is 24.0 Å². The summed E-state index contributed by atoms with van der Waals surface area (Å²) in [7, 11) is 1.78. The fourth-order valence-electron chi connectivity index (χ4n) is 3.29. The first-order valence-electron chi connectivity index (χ1n) is 8.97. The van der Waals surface area contributed by atoms with E-state index in [4.69, 9.17) is 0 Å². The Kier molecular flexibility index (Phi) is 5.25. The number of carbonyl (C=O) groups excluding carboxylic acids is 1. The Labute approximate surface area is 158 Å². The molecule has 1 atom stereocenters. The maximum atomic E-state index is 12.5. The molecule has 0 aromatic carbocycles.